The lowest BCUT2D eigenvalue weighted by Gasteiger charge is -1.81. The van der Waals surface area contributed by atoms with Crippen molar-refractivity contribution in [2.24, 2.45) is 0 Å². The quantitative estimate of drug-likeness (QED) is 0.373. The summed E-state index contributed by atoms with van der Waals surface area (Å²) in [7, 11) is 1.86. The summed E-state index contributed by atoms with van der Waals surface area (Å²) >= 11 is 0. The van der Waals surface area contributed by atoms with Crippen LogP contribution in [0.2, 0.25) is 0 Å². The zero-order valence-electron chi connectivity index (χ0n) is 4.13. The summed E-state index contributed by atoms with van der Waals surface area (Å²) in [6.45, 7) is 0. The van der Waals surface area contributed by atoms with E-state index in [1.54, 1.807) is 18.5 Å². The van der Waals surface area contributed by atoms with Gasteiger partial charge in [-0.3, -0.25) is 9.97 Å². The van der Waals surface area contributed by atoms with E-state index in [9.17, 15) is 0 Å². The first-order chi connectivity index (χ1) is 3.39. The molecule has 0 unspecified atom stereocenters. The average Bonchev–Trinajstić information content (AvgIpc) is 1.69. The third kappa shape index (κ3) is 0.997. The Kier molecular flexibility index (Phi) is 1.07. The summed E-state index contributed by atoms with van der Waals surface area (Å²) in [6.07, 6.45) is 3.45. The van der Waals surface area contributed by atoms with Gasteiger partial charge in [0.2, 0.25) is 0 Å². The Morgan fingerprint density at radius 3 is 2.14 bits per heavy atom. The minimum absolute atomic E-state index is 0.822. The van der Waals surface area contributed by atoms with Crippen molar-refractivity contribution in [2.45, 2.75) is 0 Å². The molecule has 0 N–H and O–H groups in total. The Balaban J connectivity index is 3.02. The van der Waals surface area contributed by atoms with Crippen molar-refractivity contribution in [1.82, 2.24) is 9.97 Å². The minimum Gasteiger partial charge on any atom is -0.253 e. The van der Waals surface area contributed by atoms with Gasteiger partial charge in [0, 0.05) is 12.4 Å². The summed E-state index contributed by atoms with van der Waals surface area (Å²) in [6, 6.07) is 1.80. The molecule has 1 rings (SSSR count). The topological polar surface area (TPSA) is 25.8 Å². The number of aromatic nitrogens is 2. The second-order valence-corrected chi connectivity index (χ2v) is 1.30. The molecule has 0 amide bonds. The van der Waals surface area contributed by atoms with Crippen LogP contribution in [0.5, 0.6) is 0 Å². The van der Waals surface area contributed by atoms with E-state index in [0.717, 1.165) is 5.72 Å². The van der Waals surface area contributed by atoms with Crippen molar-refractivity contribution >= 4 is 13.6 Å². The number of nitrogens with zero attached hydrogens (tertiary/aromatic N) is 2. The van der Waals surface area contributed by atoms with Gasteiger partial charge in [-0.15, -0.1) is 0 Å². The van der Waals surface area contributed by atoms with E-state index in [1.165, 1.54) is 0 Å². The molecule has 0 radical (unpaired) electrons. The second kappa shape index (κ2) is 1.73. The van der Waals surface area contributed by atoms with Crippen LogP contribution in [0.15, 0.2) is 18.5 Å². The minimum atomic E-state index is 0.822. The van der Waals surface area contributed by atoms with Crippen LogP contribution < -0.4 is 5.72 Å². The molecule has 7 heavy (non-hydrogen) atoms. The fourth-order valence-electron chi connectivity index (χ4n) is 0.374. The lowest BCUT2D eigenvalue weighted by Crippen LogP contribution is -2.10. The summed E-state index contributed by atoms with van der Waals surface area (Å²) in [5.41, 5.74) is 0.822. The molecule has 1 aromatic rings. The van der Waals surface area contributed by atoms with Gasteiger partial charge < -0.3 is 0 Å². The van der Waals surface area contributed by atoms with E-state index in [1.807, 2.05) is 7.85 Å². The predicted octanol–water partition coefficient (Wildman–Crippen LogP) is -1.27. The highest BCUT2D eigenvalue weighted by atomic mass is 14.8. The third-order valence-corrected chi connectivity index (χ3v) is 0.695. The first-order valence-corrected chi connectivity index (χ1v) is 2.13. The third-order valence-electron chi connectivity index (χ3n) is 0.695. The van der Waals surface area contributed by atoms with Gasteiger partial charge in [-0.2, -0.15) is 0 Å². The van der Waals surface area contributed by atoms with Crippen LogP contribution >= 0.6 is 0 Å². The highest BCUT2D eigenvalue weighted by molar-refractivity contribution is 6.28. The number of hydrogen-bond donors (Lipinski definition) is 0. The maximum absolute atomic E-state index is 3.87. The maximum Gasteiger partial charge on any atom is 0.189 e. The van der Waals surface area contributed by atoms with Crippen LogP contribution in [0.4, 0.5) is 0 Å². The average molecular weight is 91.9 g/mol. The van der Waals surface area contributed by atoms with Crippen LogP contribution in [-0.4, -0.2) is 17.8 Å². The van der Waals surface area contributed by atoms with E-state index < -0.39 is 0 Å². The summed E-state index contributed by atoms with van der Waals surface area (Å²) in [4.78, 5) is 7.74. The first kappa shape index (κ1) is 4.31. The molecule has 0 aliphatic heterocycles. The predicted molar refractivity (Wildman–Crippen MR) is 30.2 cm³/mol. The Bertz CT molecular complexity index is 140. The summed E-state index contributed by atoms with van der Waals surface area (Å²) in [5.74, 6) is 0. The Hall–Kier alpha value is -0.855. The molecule has 1 aromatic heterocycles. The fourth-order valence-corrected chi connectivity index (χ4v) is 0.374. The summed E-state index contributed by atoms with van der Waals surface area (Å²) < 4.78 is 0. The van der Waals surface area contributed by atoms with Crippen LogP contribution in [0.25, 0.3) is 0 Å². The molecule has 0 fully saturated rings. The van der Waals surface area contributed by atoms with E-state index in [0.29, 0.717) is 0 Å². The van der Waals surface area contributed by atoms with Crippen molar-refractivity contribution in [3.63, 3.8) is 0 Å². The van der Waals surface area contributed by atoms with Gasteiger partial charge in [-0.25, -0.2) is 0 Å². The van der Waals surface area contributed by atoms with Gasteiger partial charge >= 0.3 is 0 Å². The Morgan fingerprint density at radius 1 is 1.29 bits per heavy atom. The molecule has 3 heteroatoms. The van der Waals surface area contributed by atoms with Crippen molar-refractivity contribution in [2.75, 3.05) is 0 Å². The highest BCUT2D eigenvalue weighted by Gasteiger charge is 1.75. The molecule has 2 nitrogen and oxygen atoms in total. The fraction of sp³-hybridized carbons (Fsp3) is 0. The zero-order valence-corrected chi connectivity index (χ0v) is 4.13. The monoisotopic (exact) mass is 92.1 g/mol. The van der Waals surface area contributed by atoms with Gasteiger partial charge in [0.25, 0.3) is 0 Å². The number of rotatable bonds is 0. The van der Waals surface area contributed by atoms with E-state index in [-0.39, 0.29) is 0 Å². The smallest absolute Gasteiger partial charge is 0.189 e. The van der Waals surface area contributed by atoms with Crippen LogP contribution in [-0.2, 0) is 0 Å². The van der Waals surface area contributed by atoms with Gasteiger partial charge in [0.1, 0.15) is 0 Å². The van der Waals surface area contributed by atoms with Gasteiger partial charge in [0.15, 0.2) is 7.85 Å². The van der Waals surface area contributed by atoms with E-state index in [2.05, 4.69) is 9.97 Å². The molecule has 34 valence electrons. The van der Waals surface area contributed by atoms with Crippen LogP contribution in [0.3, 0.4) is 0 Å². The summed E-state index contributed by atoms with van der Waals surface area (Å²) in [5, 5.41) is 0. The molecule has 0 aromatic carbocycles. The van der Waals surface area contributed by atoms with Crippen LogP contribution in [0.1, 0.15) is 0 Å². The largest absolute Gasteiger partial charge is 0.253 e. The van der Waals surface area contributed by atoms with E-state index in [4.69, 9.17) is 0 Å². The SMILES string of the molecule is Bc1ncccn1. The lowest BCUT2D eigenvalue weighted by atomic mass is 10.1. The van der Waals surface area contributed by atoms with Crippen molar-refractivity contribution in [3.8, 4) is 0 Å². The van der Waals surface area contributed by atoms with Gasteiger partial charge in [0.05, 0.1) is 5.72 Å². The van der Waals surface area contributed by atoms with E-state index >= 15 is 0 Å². The Morgan fingerprint density at radius 2 is 1.86 bits per heavy atom. The van der Waals surface area contributed by atoms with Crippen LogP contribution in [0, 0.1) is 0 Å². The van der Waals surface area contributed by atoms with Crippen molar-refractivity contribution in [1.29, 1.82) is 0 Å². The lowest BCUT2D eigenvalue weighted by molar-refractivity contribution is 1.24. The normalized spacial score (nSPS) is 8.57. The zero-order chi connectivity index (χ0) is 5.11. The Labute approximate surface area is 43.0 Å². The standard InChI is InChI=1S/C4H5BN2/c5-4-6-2-1-3-7-4/h1-3H,5H2. The molecule has 0 saturated carbocycles. The van der Waals surface area contributed by atoms with Gasteiger partial charge in [-0.05, 0) is 6.07 Å². The molecule has 0 aliphatic rings. The highest BCUT2D eigenvalue weighted by Crippen LogP contribution is 1.64. The van der Waals surface area contributed by atoms with Crippen molar-refractivity contribution in [3.05, 3.63) is 18.5 Å². The molecule has 0 aliphatic carbocycles. The first-order valence-electron chi connectivity index (χ1n) is 2.13. The number of hydrogen-bond acceptors (Lipinski definition) is 2. The molecule has 0 bridgehead atoms. The van der Waals surface area contributed by atoms with Crippen molar-refractivity contribution < 1.29 is 0 Å². The molecular weight excluding hydrogens is 86.9 g/mol. The maximum atomic E-state index is 3.87. The molecule has 0 atom stereocenters. The molecule has 0 saturated heterocycles. The van der Waals surface area contributed by atoms with Gasteiger partial charge in [-0.1, -0.05) is 0 Å². The molecule has 0 spiro atoms. The molecular formula is C4H5BN2. The second-order valence-electron chi connectivity index (χ2n) is 1.30. The molecule has 1 heterocycles.